The molecule has 4 heteroatoms. The highest BCUT2D eigenvalue weighted by molar-refractivity contribution is 7.91. The molecule has 1 aromatic rings. The Labute approximate surface area is 110 Å². The van der Waals surface area contributed by atoms with E-state index >= 15 is 0 Å². The first-order valence-corrected chi connectivity index (χ1v) is 8.06. The number of benzene rings is 1. The molecule has 1 N–H and O–H groups in total. The summed E-state index contributed by atoms with van der Waals surface area (Å²) in [6.07, 6.45) is 0.961. The first kappa shape index (κ1) is 13.6. The van der Waals surface area contributed by atoms with Crippen LogP contribution in [-0.4, -0.2) is 27.3 Å². The van der Waals surface area contributed by atoms with Crippen LogP contribution in [0.5, 0.6) is 0 Å². The third-order valence-corrected chi connectivity index (χ3v) is 5.71. The monoisotopic (exact) mass is 267 g/mol. The maximum Gasteiger partial charge on any atom is 0.179 e. The average Bonchev–Trinajstić information content (AvgIpc) is 2.66. The molecule has 0 amide bonds. The average molecular weight is 267 g/mol. The van der Waals surface area contributed by atoms with Gasteiger partial charge >= 0.3 is 0 Å². The summed E-state index contributed by atoms with van der Waals surface area (Å²) in [6, 6.07) is 3.90. The van der Waals surface area contributed by atoms with Gasteiger partial charge in [0, 0.05) is 0 Å². The molecule has 0 radical (unpaired) electrons. The molecular weight excluding hydrogens is 246 g/mol. The zero-order valence-corrected chi connectivity index (χ0v) is 12.1. The smallest absolute Gasteiger partial charge is 0.179 e. The largest absolute Gasteiger partial charge is 0.316 e. The van der Waals surface area contributed by atoms with Crippen molar-refractivity contribution in [2.24, 2.45) is 5.92 Å². The maximum absolute atomic E-state index is 12.5. The molecule has 1 aliphatic rings. The molecule has 18 heavy (non-hydrogen) atoms. The number of hydrogen-bond acceptors (Lipinski definition) is 3. The molecule has 0 spiro atoms. The van der Waals surface area contributed by atoms with E-state index in [9.17, 15) is 8.42 Å². The molecule has 3 nitrogen and oxygen atoms in total. The van der Waals surface area contributed by atoms with Crippen LogP contribution in [0, 0.1) is 26.7 Å². The van der Waals surface area contributed by atoms with Crippen molar-refractivity contribution < 1.29 is 8.42 Å². The van der Waals surface area contributed by atoms with E-state index in [4.69, 9.17) is 0 Å². The minimum absolute atomic E-state index is 0.259. The highest BCUT2D eigenvalue weighted by atomic mass is 32.2. The lowest BCUT2D eigenvalue weighted by Crippen LogP contribution is -2.20. The molecule has 1 saturated heterocycles. The lowest BCUT2D eigenvalue weighted by Gasteiger charge is -2.14. The van der Waals surface area contributed by atoms with Crippen LogP contribution in [0.25, 0.3) is 0 Å². The molecule has 1 fully saturated rings. The van der Waals surface area contributed by atoms with Crippen molar-refractivity contribution in [3.8, 4) is 0 Å². The fourth-order valence-corrected chi connectivity index (χ4v) is 5.08. The molecule has 1 heterocycles. The minimum Gasteiger partial charge on any atom is -0.316 e. The Morgan fingerprint density at radius 2 is 1.83 bits per heavy atom. The Hall–Kier alpha value is -0.870. The van der Waals surface area contributed by atoms with Gasteiger partial charge in [0.1, 0.15) is 0 Å². The Balaban J connectivity index is 2.34. The maximum atomic E-state index is 12.5. The number of nitrogens with one attached hydrogen (secondary N) is 1. The molecule has 1 atom stereocenters. The van der Waals surface area contributed by atoms with Gasteiger partial charge in [-0.3, -0.25) is 0 Å². The van der Waals surface area contributed by atoms with Crippen molar-refractivity contribution in [2.75, 3.05) is 18.8 Å². The third kappa shape index (κ3) is 2.75. The molecule has 0 aliphatic carbocycles. The Morgan fingerprint density at radius 3 is 2.33 bits per heavy atom. The quantitative estimate of drug-likeness (QED) is 0.911. The topological polar surface area (TPSA) is 46.2 Å². The highest BCUT2D eigenvalue weighted by Crippen LogP contribution is 2.25. The van der Waals surface area contributed by atoms with Gasteiger partial charge in [-0.25, -0.2) is 8.42 Å². The van der Waals surface area contributed by atoms with Crippen LogP contribution in [0.15, 0.2) is 17.0 Å². The van der Waals surface area contributed by atoms with Gasteiger partial charge in [-0.15, -0.1) is 0 Å². The lowest BCUT2D eigenvalue weighted by atomic mass is 10.1. The summed E-state index contributed by atoms with van der Waals surface area (Å²) in [5, 5.41) is 3.22. The van der Waals surface area contributed by atoms with Crippen LogP contribution in [-0.2, 0) is 9.84 Å². The van der Waals surface area contributed by atoms with Gasteiger partial charge in [0.15, 0.2) is 9.84 Å². The molecule has 1 aliphatic heterocycles. The molecule has 1 unspecified atom stereocenters. The summed E-state index contributed by atoms with van der Waals surface area (Å²) in [5.41, 5.74) is 2.86. The first-order chi connectivity index (χ1) is 8.40. The summed E-state index contributed by atoms with van der Waals surface area (Å²) < 4.78 is 25.0. The number of rotatable bonds is 3. The minimum atomic E-state index is -3.16. The Morgan fingerprint density at radius 1 is 1.22 bits per heavy atom. The van der Waals surface area contributed by atoms with Crippen LogP contribution in [0.1, 0.15) is 23.1 Å². The third-order valence-electron chi connectivity index (χ3n) is 3.53. The number of hydrogen-bond donors (Lipinski definition) is 1. The Bertz CT molecular complexity index is 520. The van der Waals surface area contributed by atoms with Crippen LogP contribution in [0.2, 0.25) is 0 Å². The van der Waals surface area contributed by atoms with E-state index < -0.39 is 9.84 Å². The second-order valence-corrected chi connectivity index (χ2v) is 7.34. The molecular formula is C14H21NO2S. The first-order valence-electron chi connectivity index (χ1n) is 6.41. The standard InChI is InChI=1S/C14H21NO2S/c1-10-6-11(2)14(12(3)7-10)18(16,17)9-13-4-5-15-8-13/h6-7,13,15H,4-5,8-9H2,1-3H3. The van der Waals surface area contributed by atoms with Crippen molar-refractivity contribution in [3.63, 3.8) is 0 Å². The van der Waals surface area contributed by atoms with Crippen LogP contribution in [0.4, 0.5) is 0 Å². The zero-order chi connectivity index (χ0) is 13.3. The fraction of sp³-hybridized carbons (Fsp3) is 0.571. The van der Waals surface area contributed by atoms with Gasteiger partial charge in [-0.1, -0.05) is 17.7 Å². The van der Waals surface area contributed by atoms with E-state index in [0.29, 0.717) is 4.90 Å². The SMILES string of the molecule is Cc1cc(C)c(S(=O)(=O)CC2CCNC2)c(C)c1. The summed E-state index contributed by atoms with van der Waals surface area (Å²) >= 11 is 0. The molecule has 0 bridgehead atoms. The molecule has 0 saturated carbocycles. The zero-order valence-electron chi connectivity index (χ0n) is 11.3. The number of aryl methyl sites for hydroxylation is 3. The van der Waals surface area contributed by atoms with Crippen molar-refractivity contribution in [1.82, 2.24) is 5.32 Å². The molecule has 2 rings (SSSR count). The van der Waals surface area contributed by atoms with Crippen molar-refractivity contribution >= 4 is 9.84 Å². The second-order valence-electron chi connectivity index (χ2n) is 5.37. The van der Waals surface area contributed by atoms with Gasteiger partial charge in [0.25, 0.3) is 0 Å². The summed E-state index contributed by atoms with van der Waals surface area (Å²) in [4.78, 5) is 0.542. The van der Waals surface area contributed by atoms with Gasteiger partial charge < -0.3 is 5.32 Å². The lowest BCUT2D eigenvalue weighted by molar-refractivity contribution is 0.569. The van der Waals surface area contributed by atoms with E-state index in [1.165, 1.54) is 0 Å². The summed E-state index contributed by atoms with van der Waals surface area (Å²) in [5.74, 6) is 0.528. The van der Waals surface area contributed by atoms with E-state index in [1.54, 1.807) is 0 Å². The Kier molecular flexibility index (Phi) is 3.78. The predicted molar refractivity (Wildman–Crippen MR) is 73.7 cm³/mol. The van der Waals surface area contributed by atoms with Crippen LogP contribution >= 0.6 is 0 Å². The van der Waals surface area contributed by atoms with Gasteiger partial charge in [-0.05, 0) is 57.3 Å². The predicted octanol–water partition coefficient (Wildman–Crippen LogP) is 2.00. The fourth-order valence-electron chi connectivity index (χ4n) is 2.91. The molecule has 1 aromatic carbocycles. The van der Waals surface area contributed by atoms with Gasteiger partial charge in [0.2, 0.25) is 0 Å². The van der Waals surface area contributed by atoms with E-state index in [-0.39, 0.29) is 11.7 Å². The van der Waals surface area contributed by atoms with Crippen molar-refractivity contribution in [3.05, 3.63) is 28.8 Å². The van der Waals surface area contributed by atoms with Gasteiger partial charge in [-0.2, -0.15) is 0 Å². The number of sulfone groups is 1. The second kappa shape index (κ2) is 5.02. The molecule has 0 aromatic heterocycles. The van der Waals surface area contributed by atoms with E-state index in [1.807, 2.05) is 32.9 Å². The van der Waals surface area contributed by atoms with Crippen molar-refractivity contribution in [1.29, 1.82) is 0 Å². The highest BCUT2D eigenvalue weighted by Gasteiger charge is 2.26. The summed E-state index contributed by atoms with van der Waals surface area (Å²) in [7, 11) is -3.16. The van der Waals surface area contributed by atoms with Crippen LogP contribution < -0.4 is 5.32 Å². The van der Waals surface area contributed by atoms with Crippen molar-refractivity contribution in [2.45, 2.75) is 32.1 Å². The summed E-state index contributed by atoms with van der Waals surface area (Å²) in [6.45, 7) is 7.53. The van der Waals surface area contributed by atoms with Crippen LogP contribution in [0.3, 0.4) is 0 Å². The molecule has 100 valence electrons. The normalized spacial score (nSPS) is 20.3. The van der Waals surface area contributed by atoms with E-state index in [0.717, 1.165) is 36.2 Å². The van der Waals surface area contributed by atoms with E-state index in [2.05, 4.69) is 5.32 Å². The van der Waals surface area contributed by atoms with Gasteiger partial charge in [0.05, 0.1) is 10.6 Å².